The number of benzene rings is 1. The molecule has 90 valence electrons. The maximum atomic E-state index is 11.4. The van der Waals surface area contributed by atoms with Crippen molar-refractivity contribution in [2.75, 3.05) is 7.11 Å². The van der Waals surface area contributed by atoms with Crippen LogP contribution in [0.3, 0.4) is 0 Å². The SMILES string of the molecule is COC(=O)c1onc(-c2cccc(C#N)c2)c1C. The van der Waals surface area contributed by atoms with Crippen LogP contribution in [-0.4, -0.2) is 18.2 Å². The van der Waals surface area contributed by atoms with Crippen LogP contribution in [0.2, 0.25) is 0 Å². The molecule has 0 atom stereocenters. The van der Waals surface area contributed by atoms with E-state index in [0.29, 0.717) is 16.8 Å². The highest BCUT2D eigenvalue weighted by Gasteiger charge is 2.20. The van der Waals surface area contributed by atoms with E-state index in [-0.39, 0.29) is 5.76 Å². The fourth-order valence-corrected chi connectivity index (χ4v) is 1.62. The van der Waals surface area contributed by atoms with Crippen LogP contribution in [0.5, 0.6) is 0 Å². The third-order valence-corrected chi connectivity index (χ3v) is 2.56. The number of hydrogen-bond acceptors (Lipinski definition) is 5. The lowest BCUT2D eigenvalue weighted by Gasteiger charge is -1.98. The average Bonchev–Trinajstić information content (AvgIpc) is 2.80. The molecule has 0 fully saturated rings. The van der Waals surface area contributed by atoms with E-state index in [2.05, 4.69) is 9.89 Å². The van der Waals surface area contributed by atoms with Crippen LogP contribution in [-0.2, 0) is 4.74 Å². The van der Waals surface area contributed by atoms with E-state index < -0.39 is 5.97 Å². The summed E-state index contributed by atoms with van der Waals surface area (Å²) >= 11 is 0. The highest BCUT2D eigenvalue weighted by Crippen LogP contribution is 2.25. The van der Waals surface area contributed by atoms with Gasteiger partial charge < -0.3 is 9.26 Å². The Labute approximate surface area is 104 Å². The highest BCUT2D eigenvalue weighted by molar-refractivity contribution is 5.89. The summed E-state index contributed by atoms with van der Waals surface area (Å²) in [6.07, 6.45) is 0. The maximum Gasteiger partial charge on any atom is 0.377 e. The zero-order chi connectivity index (χ0) is 13.1. The van der Waals surface area contributed by atoms with Gasteiger partial charge in [0.15, 0.2) is 0 Å². The number of carbonyl (C=O) groups is 1. The minimum absolute atomic E-state index is 0.0786. The molecule has 0 spiro atoms. The molecule has 2 aromatic rings. The molecule has 1 heterocycles. The summed E-state index contributed by atoms with van der Waals surface area (Å²) < 4.78 is 9.55. The maximum absolute atomic E-state index is 11.4. The number of aromatic nitrogens is 1. The van der Waals surface area contributed by atoms with Gasteiger partial charge in [0.05, 0.1) is 18.7 Å². The van der Waals surface area contributed by atoms with Crippen molar-refractivity contribution in [3.05, 3.63) is 41.2 Å². The van der Waals surface area contributed by atoms with Crippen LogP contribution >= 0.6 is 0 Å². The van der Waals surface area contributed by atoms with Gasteiger partial charge in [-0.1, -0.05) is 17.3 Å². The summed E-state index contributed by atoms with van der Waals surface area (Å²) in [5.74, 6) is -0.488. The molecule has 0 radical (unpaired) electrons. The van der Waals surface area contributed by atoms with E-state index in [1.807, 2.05) is 6.07 Å². The molecule has 0 saturated heterocycles. The van der Waals surface area contributed by atoms with Gasteiger partial charge in [0.25, 0.3) is 0 Å². The Morgan fingerprint density at radius 1 is 1.50 bits per heavy atom. The first kappa shape index (κ1) is 11.9. The van der Waals surface area contributed by atoms with Gasteiger partial charge in [-0.2, -0.15) is 5.26 Å². The van der Waals surface area contributed by atoms with Crippen LogP contribution in [0.15, 0.2) is 28.8 Å². The zero-order valence-electron chi connectivity index (χ0n) is 9.93. The molecule has 0 aliphatic heterocycles. The van der Waals surface area contributed by atoms with Crippen molar-refractivity contribution < 1.29 is 14.1 Å². The van der Waals surface area contributed by atoms with Crippen molar-refractivity contribution >= 4 is 5.97 Å². The van der Waals surface area contributed by atoms with Crippen molar-refractivity contribution in [1.29, 1.82) is 5.26 Å². The summed E-state index contributed by atoms with van der Waals surface area (Å²) in [4.78, 5) is 11.4. The van der Waals surface area contributed by atoms with Crippen LogP contribution in [0.1, 0.15) is 21.7 Å². The number of methoxy groups -OCH3 is 1. The molecule has 18 heavy (non-hydrogen) atoms. The molecule has 0 amide bonds. The lowest BCUT2D eigenvalue weighted by Crippen LogP contribution is -2.01. The molecule has 0 aliphatic carbocycles. The summed E-state index contributed by atoms with van der Waals surface area (Å²) in [5.41, 5.74) is 2.38. The fourth-order valence-electron chi connectivity index (χ4n) is 1.62. The molecule has 2 rings (SSSR count). The number of ether oxygens (including phenoxy) is 1. The molecule has 5 heteroatoms. The Bertz CT molecular complexity index is 638. The summed E-state index contributed by atoms with van der Waals surface area (Å²) in [6.45, 7) is 1.72. The Kier molecular flexibility index (Phi) is 3.11. The van der Waals surface area contributed by atoms with Crippen LogP contribution < -0.4 is 0 Å². The molecule has 0 bridgehead atoms. The van der Waals surface area contributed by atoms with Gasteiger partial charge in [-0.05, 0) is 19.1 Å². The third-order valence-electron chi connectivity index (χ3n) is 2.56. The Balaban J connectivity index is 2.49. The Hall–Kier alpha value is -2.61. The zero-order valence-corrected chi connectivity index (χ0v) is 9.93. The van der Waals surface area contributed by atoms with E-state index in [1.165, 1.54) is 7.11 Å². The molecule has 5 nitrogen and oxygen atoms in total. The molecule has 0 N–H and O–H groups in total. The van der Waals surface area contributed by atoms with E-state index >= 15 is 0 Å². The highest BCUT2D eigenvalue weighted by atomic mass is 16.5. The van der Waals surface area contributed by atoms with E-state index in [4.69, 9.17) is 9.78 Å². The second-order valence-corrected chi connectivity index (χ2v) is 3.67. The Morgan fingerprint density at radius 3 is 2.94 bits per heavy atom. The molecular weight excluding hydrogens is 232 g/mol. The number of esters is 1. The van der Waals surface area contributed by atoms with E-state index in [1.54, 1.807) is 31.2 Å². The number of hydrogen-bond donors (Lipinski definition) is 0. The minimum atomic E-state index is -0.567. The van der Waals surface area contributed by atoms with Gasteiger partial charge in [0, 0.05) is 11.1 Å². The van der Waals surface area contributed by atoms with Crippen molar-refractivity contribution in [1.82, 2.24) is 5.16 Å². The normalized spacial score (nSPS) is 9.83. The first-order chi connectivity index (χ1) is 8.67. The molecule has 1 aromatic carbocycles. The standard InChI is InChI=1S/C13H10N2O3/c1-8-11(15-18-12(8)13(16)17-2)10-5-3-4-9(6-10)7-14/h3-6H,1-2H3. The Morgan fingerprint density at radius 2 is 2.28 bits per heavy atom. The largest absolute Gasteiger partial charge is 0.463 e. The monoisotopic (exact) mass is 242 g/mol. The van der Waals surface area contributed by atoms with Gasteiger partial charge in [-0.3, -0.25) is 0 Å². The predicted molar refractivity (Wildman–Crippen MR) is 62.7 cm³/mol. The van der Waals surface area contributed by atoms with Crippen LogP contribution in [0.4, 0.5) is 0 Å². The molecule has 0 unspecified atom stereocenters. The summed E-state index contributed by atoms with van der Waals surface area (Å²) in [5, 5.41) is 12.7. The van der Waals surface area contributed by atoms with Gasteiger partial charge in [0.2, 0.25) is 5.76 Å². The predicted octanol–water partition coefficient (Wildman–Crippen LogP) is 2.31. The summed E-state index contributed by atoms with van der Waals surface area (Å²) in [7, 11) is 1.28. The first-order valence-corrected chi connectivity index (χ1v) is 5.22. The number of rotatable bonds is 2. The number of nitrogens with zero attached hydrogens (tertiary/aromatic N) is 2. The topological polar surface area (TPSA) is 76.1 Å². The molecule has 0 aliphatic rings. The van der Waals surface area contributed by atoms with Crippen LogP contribution in [0.25, 0.3) is 11.3 Å². The number of nitriles is 1. The fraction of sp³-hybridized carbons (Fsp3) is 0.154. The van der Waals surface area contributed by atoms with Crippen molar-refractivity contribution in [3.8, 4) is 17.3 Å². The molecule has 1 aromatic heterocycles. The average molecular weight is 242 g/mol. The van der Waals surface area contributed by atoms with E-state index in [9.17, 15) is 4.79 Å². The van der Waals surface area contributed by atoms with Gasteiger partial charge in [0.1, 0.15) is 5.69 Å². The summed E-state index contributed by atoms with van der Waals surface area (Å²) in [6, 6.07) is 8.98. The van der Waals surface area contributed by atoms with Crippen molar-refractivity contribution in [2.24, 2.45) is 0 Å². The molecular formula is C13H10N2O3. The number of carbonyl (C=O) groups excluding carboxylic acids is 1. The minimum Gasteiger partial charge on any atom is -0.463 e. The van der Waals surface area contributed by atoms with Crippen molar-refractivity contribution in [2.45, 2.75) is 6.92 Å². The lowest BCUT2D eigenvalue weighted by atomic mass is 10.0. The molecule has 0 saturated carbocycles. The second kappa shape index (κ2) is 4.72. The van der Waals surface area contributed by atoms with Gasteiger partial charge in [-0.25, -0.2) is 4.79 Å². The third kappa shape index (κ3) is 1.96. The lowest BCUT2D eigenvalue weighted by molar-refractivity contribution is 0.0553. The smallest absolute Gasteiger partial charge is 0.377 e. The first-order valence-electron chi connectivity index (χ1n) is 5.22. The van der Waals surface area contributed by atoms with Crippen LogP contribution in [0, 0.1) is 18.3 Å². The van der Waals surface area contributed by atoms with Gasteiger partial charge >= 0.3 is 5.97 Å². The van der Waals surface area contributed by atoms with E-state index in [0.717, 1.165) is 5.56 Å². The van der Waals surface area contributed by atoms with Crippen molar-refractivity contribution in [3.63, 3.8) is 0 Å². The van der Waals surface area contributed by atoms with Gasteiger partial charge in [-0.15, -0.1) is 0 Å². The quantitative estimate of drug-likeness (QED) is 0.755. The second-order valence-electron chi connectivity index (χ2n) is 3.67.